The Kier molecular flexibility index (Phi) is 5.33. The molecule has 1 N–H and O–H groups in total. The molecule has 150 valence electrons. The highest BCUT2D eigenvalue weighted by molar-refractivity contribution is 9.10. The highest BCUT2D eigenvalue weighted by atomic mass is 79.9. The van der Waals surface area contributed by atoms with Gasteiger partial charge in [-0.1, -0.05) is 35.0 Å². The zero-order chi connectivity index (χ0) is 21.3. The second-order valence-corrected chi connectivity index (χ2v) is 7.41. The summed E-state index contributed by atoms with van der Waals surface area (Å²) in [6.45, 7) is 1.90. The molecule has 4 aromatic rings. The number of rotatable bonds is 5. The van der Waals surface area contributed by atoms with Crippen LogP contribution in [0.3, 0.4) is 0 Å². The van der Waals surface area contributed by atoms with E-state index in [1.54, 1.807) is 36.4 Å². The number of furan rings is 1. The van der Waals surface area contributed by atoms with Gasteiger partial charge in [0, 0.05) is 16.5 Å². The van der Waals surface area contributed by atoms with Crippen LogP contribution in [-0.4, -0.2) is 27.0 Å². The van der Waals surface area contributed by atoms with Crippen molar-refractivity contribution < 1.29 is 14.3 Å². The molecule has 0 saturated heterocycles. The van der Waals surface area contributed by atoms with Crippen molar-refractivity contribution in [1.82, 2.24) is 9.66 Å². The van der Waals surface area contributed by atoms with Crippen LogP contribution >= 0.6 is 15.9 Å². The number of aromatic carboxylic acids is 1. The zero-order valence-corrected chi connectivity index (χ0v) is 17.5. The summed E-state index contributed by atoms with van der Waals surface area (Å²) in [6.07, 6.45) is 1.97. The number of fused-ring (bicyclic) bond motifs is 1. The Morgan fingerprint density at radius 3 is 2.83 bits per heavy atom. The molecule has 0 aliphatic carbocycles. The van der Waals surface area contributed by atoms with Crippen LogP contribution in [0.5, 0.6) is 0 Å². The molecule has 2 aromatic heterocycles. The molecular formula is C22H16BrN3O4. The smallest absolute Gasteiger partial charge is 0.335 e. The van der Waals surface area contributed by atoms with Crippen LogP contribution in [0, 0.1) is 0 Å². The van der Waals surface area contributed by atoms with E-state index in [0.717, 1.165) is 4.47 Å². The van der Waals surface area contributed by atoms with Crippen LogP contribution in [0.25, 0.3) is 22.2 Å². The Balaban J connectivity index is 1.70. The van der Waals surface area contributed by atoms with Crippen LogP contribution in [-0.2, 0) is 6.42 Å². The molecule has 0 bridgehead atoms. The lowest BCUT2D eigenvalue weighted by molar-refractivity contribution is 0.0697. The third kappa shape index (κ3) is 3.81. The normalized spacial score (nSPS) is 11.4. The number of carboxylic acids is 1. The predicted molar refractivity (Wildman–Crippen MR) is 117 cm³/mol. The van der Waals surface area contributed by atoms with Crippen molar-refractivity contribution in [1.29, 1.82) is 0 Å². The van der Waals surface area contributed by atoms with Crippen LogP contribution in [0.2, 0.25) is 0 Å². The van der Waals surface area contributed by atoms with Crippen LogP contribution < -0.4 is 5.56 Å². The van der Waals surface area contributed by atoms with Crippen molar-refractivity contribution >= 4 is 39.0 Å². The first-order valence-corrected chi connectivity index (χ1v) is 9.94. The molecule has 2 aromatic carbocycles. The lowest BCUT2D eigenvalue weighted by Gasteiger charge is -2.07. The Bertz CT molecular complexity index is 1350. The quantitative estimate of drug-likeness (QED) is 0.435. The number of nitrogens with zero attached hydrogens (tertiary/aromatic N) is 3. The molecule has 0 spiro atoms. The van der Waals surface area contributed by atoms with Crippen molar-refractivity contribution in [3.63, 3.8) is 0 Å². The predicted octanol–water partition coefficient (Wildman–Crippen LogP) is 4.56. The van der Waals surface area contributed by atoms with Crippen LogP contribution in [0.15, 0.2) is 73.4 Å². The SMILES string of the molecule is CCc1nc2ccc(Br)cc2c(=O)n1N=Cc1ccc(-c2cccc(C(=O)O)c2)o1. The average molecular weight is 466 g/mol. The van der Waals surface area contributed by atoms with E-state index in [-0.39, 0.29) is 11.1 Å². The number of aryl methyl sites for hydroxylation is 1. The van der Waals surface area contributed by atoms with Gasteiger partial charge in [-0.25, -0.2) is 9.78 Å². The highest BCUT2D eigenvalue weighted by Gasteiger charge is 2.11. The number of carbonyl (C=O) groups is 1. The minimum absolute atomic E-state index is 0.173. The maximum Gasteiger partial charge on any atom is 0.335 e. The van der Waals surface area contributed by atoms with Crippen molar-refractivity contribution in [3.8, 4) is 11.3 Å². The first kappa shape index (κ1) is 19.8. The van der Waals surface area contributed by atoms with Gasteiger partial charge in [-0.2, -0.15) is 9.78 Å². The van der Waals surface area contributed by atoms with E-state index < -0.39 is 5.97 Å². The molecule has 0 unspecified atom stereocenters. The fourth-order valence-electron chi connectivity index (χ4n) is 3.04. The van der Waals surface area contributed by atoms with E-state index in [9.17, 15) is 9.59 Å². The van der Waals surface area contributed by atoms with Crippen LogP contribution in [0.1, 0.15) is 28.9 Å². The highest BCUT2D eigenvalue weighted by Crippen LogP contribution is 2.23. The van der Waals surface area contributed by atoms with Crippen molar-refractivity contribution in [2.75, 3.05) is 0 Å². The zero-order valence-electron chi connectivity index (χ0n) is 15.9. The van der Waals surface area contributed by atoms with Gasteiger partial charge in [0.05, 0.1) is 22.7 Å². The summed E-state index contributed by atoms with van der Waals surface area (Å²) in [5.74, 6) is 0.455. The second-order valence-electron chi connectivity index (χ2n) is 6.49. The van der Waals surface area contributed by atoms with Gasteiger partial charge in [-0.3, -0.25) is 4.79 Å². The molecule has 0 saturated carbocycles. The van der Waals surface area contributed by atoms with Gasteiger partial charge in [0.1, 0.15) is 17.3 Å². The lowest BCUT2D eigenvalue weighted by Crippen LogP contribution is -2.22. The Hall–Kier alpha value is -3.52. The molecule has 0 fully saturated rings. The largest absolute Gasteiger partial charge is 0.478 e. The molecule has 0 radical (unpaired) electrons. The molecule has 4 rings (SSSR count). The van der Waals surface area contributed by atoms with Gasteiger partial charge in [-0.15, -0.1) is 0 Å². The van der Waals surface area contributed by atoms with Crippen molar-refractivity contribution in [2.45, 2.75) is 13.3 Å². The summed E-state index contributed by atoms with van der Waals surface area (Å²) in [4.78, 5) is 28.6. The monoisotopic (exact) mass is 465 g/mol. The average Bonchev–Trinajstić information content (AvgIpc) is 3.22. The van der Waals surface area contributed by atoms with Gasteiger partial charge in [-0.05, 0) is 42.5 Å². The van der Waals surface area contributed by atoms with E-state index in [4.69, 9.17) is 9.52 Å². The fourth-order valence-corrected chi connectivity index (χ4v) is 3.40. The molecule has 0 atom stereocenters. The third-order valence-corrected chi connectivity index (χ3v) is 5.01. The van der Waals surface area contributed by atoms with Gasteiger partial charge < -0.3 is 9.52 Å². The minimum atomic E-state index is -1.01. The van der Waals surface area contributed by atoms with Crippen molar-refractivity contribution in [2.24, 2.45) is 5.10 Å². The van der Waals surface area contributed by atoms with Gasteiger partial charge >= 0.3 is 5.97 Å². The molecule has 0 aliphatic heterocycles. The summed E-state index contributed by atoms with van der Waals surface area (Å²) in [5.41, 5.74) is 1.16. The lowest BCUT2D eigenvalue weighted by atomic mass is 10.1. The molecule has 8 heteroatoms. The number of hydrogen-bond acceptors (Lipinski definition) is 5. The summed E-state index contributed by atoms with van der Waals surface area (Å²) in [7, 11) is 0. The van der Waals surface area contributed by atoms with Crippen LogP contribution in [0.4, 0.5) is 0 Å². The Morgan fingerprint density at radius 1 is 1.23 bits per heavy atom. The number of benzene rings is 2. The summed E-state index contributed by atoms with van der Waals surface area (Å²) in [5, 5.41) is 13.9. The number of halogens is 1. The van der Waals surface area contributed by atoms with E-state index in [1.165, 1.54) is 23.0 Å². The van der Waals surface area contributed by atoms with E-state index in [1.807, 2.05) is 13.0 Å². The second kappa shape index (κ2) is 8.08. The molecule has 30 heavy (non-hydrogen) atoms. The Morgan fingerprint density at radius 2 is 2.07 bits per heavy atom. The van der Waals surface area contributed by atoms with Crippen molar-refractivity contribution in [3.05, 3.63) is 86.6 Å². The minimum Gasteiger partial charge on any atom is -0.478 e. The number of carboxylic acid groups (broad SMARTS) is 1. The molecule has 0 aliphatic rings. The fraction of sp³-hybridized carbons (Fsp3) is 0.0909. The third-order valence-electron chi connectivity index (χ3n) is 4.51. The Labute approximate surface area is 179 Å². The summed E-state index contributed by atoms with van der Waals surface area (Å²) >= 11 is 3.38. The van der Waals surface area contributed by atoms with Gasteiger partial charge in [0.2, 0.25) is 0 Å². The molecule has 0 amide bonds. The first-order chi connectivity index (χ1) is 14.5. The summed E-state index contributed by atoms with van der Waals surface area (Å²) < 4.78 is 7.81. The maximum absolute atomic E-state index is 12.9. The molecule has 2 heterocycles. The van der Waals surface area contributed by atoms with E-state index in [0.29, 0.717) is 40.2 Å². The molecular weight excluding hydrogens is 450 g/mol. The summed E-state index contributed by atoms with van der Waals surface area (Å²) in [6, 6.07) is 15.2. The maximum atomic E-state index is 12.9. The standard InChI is InChI=1S/C22H16BrN3O4/c1-2-20-25-18-8-6-15(23)11-17(18)21(27)26(20)24-12-16-7-9-19(30-16)13-4-3-5-14(10-13)22(28)29/h3-12H,2H2,1H3,(H,28,29). The van der Waals surface area contributed by atoms with Gasteiger partial charge in [0.25, 0.3) is 5.56 Å². The van der Waals surface area contributed by atoms with E-state index >= 15 is 0 Å². The number of aromatic nitrogens is 2. The van der Waals surface area contributed by atoms with Gasteiger partial charge in [0.15, 0.2) is 0 Å². The molecule has 7 nitrogen and oxygen atoms in total. The topological polar surface area (TPSA) is 97.7 Å². The first-order valence-electron chi connectivity index (χ1n) is 9.15. The number of hydrogen-bond donors (Lipinski definition) is 1. The van der Waals surface area contributed by atoms with E-state index in [2.05, 4.69) is 26.0 Å².